The molecular formula is C22H38N4OS. The van der Waals surface area contributed by atoms with Gasteiger partial charge in [-0.1, -0.05) is 19.3 Å². The van der Waals surface area contributed by atoms with E-state index in [0.717, 1.165) is 45.1 Å². The van der Waals surface area contributed by atoms with Crippen LogP contribution >= 0.6 is 11.3 Å². The van der Waals surface area contributed by atoms with Gasteiger partial charge in [0.2, 0.25) is 0 Å². The highest BCUT2D eigenvalue weighted by Gasteiger charge is 2.31. The van der Waals surface area contributed by atoms with E-state index < -0.39 is 0 Å². The zero-order valence-electron chi connectivity index (χ0n) is 17.7. The van der Waals surface area contributed by atoms with Gasteiger partial charge in [0.1, 0.15) is 0 Å². The molecule has 0 amide bonds. The van der Waals surface area contributed by atoms with E-state index in [1.165, 1.54) is 44.1 Å². The normalized spacial score (nSPS) is 21.2. The first kappa shape index (κ1) is 21.6. The van der Waals surface area contributed by atoms with Crippen LogP contribution < -0.4 is 10.6 Å². The average Bonchev–Trinajstić information content (AvgIpc) is 3.18. The van der Waals surface area contributed by atoms with Crippen molar-refractivity contribution in [2.24, 2.45) is 10.4 Å². The van der Waals surface area contributed by atoms with Gasteiger partial charge in [-0.2, -0.15) is 0 Å². The number of nitrogens with one attached hydrogen (secondary N) is 2. The van der Waals surface area contributed by atoms with Crippen LogP contribution in [0.1, 0.15) is 62.8 Å². The molecule has 2 heterocycles. The van der Waals surface area contributed by atoms with Gasteiger partial charge in [-0.05, 0) is 62.0 Å². The maximum Gasteiger partial charge on any atom is 0.191 e. The maximum absolute atomic E-state index is 9.54. The summed E-state index contributed by atoms with van der Waals surface area (Å²) in [5, 5.41) is 18.7. The lowest BCUT2D eigenvalue weighted by Crippen LogP contribution is -2.47. The number of aliphatic hydroxyl groups excluding tert-OH is 1. The molecule has 1 aromatic heterocycles. The summed E-state index contributed by atoms with van der Waals surface area (Å²) in [6.07, 6.45) is 8.33. The number of thiophene rings is 1. The molecule has 1 aliphatic carbocycles. The summed E-state index contributed by atoms with van der Waals surface area (Å²) in [4.78, 5) is 9.07. The summed E-state index contributed by atoms with van der Waals surface area (Å²) < 4.78 is 0. The van der Waals surface area contributed by atoms with Crippen molar-refractivity contribution >= 4 is 17.3 Å². The second-order valence-electron chi connectivity index (χ2n) is 8.55. The standard InChI is InChI=1S/C22H38N4OS/c1-3-23-21(25-17-22(11-13-27)9-5-4-6-10-22)24-15-18(2)26-12-7-20-19(16-26)8-14-28-20/h8,14,18,27H,3-7,9-13,15-17H2,1-2H3,(H2,23,24,25). The van der Waals surface area contributed by atoms with Gasteiger partial charge in [-0.15, -0.1) is 11.3 Å². The van der Waals surface area contributed by atoms with Crippen LogP contribution in [0.2, 0.25) is 0 Å². The SMILES string of the molecule is CCNC(=NCC1(CCO)CCCCC1)NCC(C)N1CCc2sccc2C1. The summed E-state index contributed by atoms with van der Waals surface area (Å²) in [6, 6.07) is 2.75. The molecule has 0 saturated heterocycles. The molecule has 1 aromatic rings. The first-order chi connectivity index (χ1) is 13.7. The summed E-state index contributed by atoms with van der Waals surface area (Å²) in [6.45, 7) is 9.50. The second-order valence-corrected chi connectivity index (χ2v) is 9.55. The van der Waals surface area contributed by atoms with Gasteiger partial charge < -0.3 is 15.7 Å². The molecule has 1 aliphatic heterocycles. The smallest absolute Gasteiger partial charge is 0.191 e. The Labute approximate surface area is 174 Å². The highest BCUT2D eigenvalue weighted by atomic mass is 32.1. The monoisotopic (exact) mass is 406 g/mol. The lowest BCUT2D eigenvalue weighted by molar-refractivity contribution is 0.137. The Morgan fingerprint density at radius 3 is 2.89 bits per heavy atom. The zero-order chi connectivity index (χ0) is 19.8. The third kappa shape index (κ3) is 5.71. The summed E-state index contributed by atoms with van der Waals surface area (Å²) >= 11 is 1.90. The third-order valence-corrected chi connectivity index (χ3v) is 7.52. The number of fused-ring (bicyclic) bond motifs is 1. The van der Waals surface area contributed by atoms with Crippen LogP contribution in [-0.4, -0.2) is 54.8 Å². The van der Waals surface area contributed by atoms with Crippen LogP contribution in [0.4, 0.5) is 0 Å². The predicted octanol–water partition coefficient (Wildman–Crippen LogP) is 3.38. The van der Waals surface area contributed by atoms with Crippen molar-refractivity contribution in [3.05, 3.63) is 21.9 Å². The second kappa shape index (κ2) is 10.6. The van der Waals surface area contributed by atoms with Crippen LogP contribution in [-0.2, 0) is 13.0 Å². The van der Waals surface area contributed by atoms with Crippen LogP contribution in [0, 0.1) is 5.41 Å². The Bertz CT molecular complexity index is 618. The Morgan fingerprint density at radius 2 is 2.14 bits per heavy atom. The fraction of sp³-hybridized carbons (Fsp3) is 0.773. The van der Waals surface area contributed by atoms with Crippen LogP contribution in [0.3, 0.4) is 0 Å². The predicted molar refractivity (Wildman–Crippen MR) is 119 cm³/mol. The summed E-state index contributed by atoms with van der Waals surface area (Å²) in [5.74, 6) is 0.922. The van der Waals surface area contributed by atoms with Gasteiger partial charge in [-0.3, -0.25) is 9.89 Å². The van der Waals surface area contributed by atoms with E-state index in [-0.39, 0.29) is 12.0 Å². The minimum Gasteiger partial charge on any atom is -0.396 e. The summed E-state index contributed by atoms with van der Waals surface area (Å²) in [7, 11) is 0. The molecule has 0 aromatic carbocycles. The topological polar surface area (TPSA) is 59.9 Å². The number of aliphatic imine (C=N–C) groups is 1. The van der Waals surface area contributed by atoms with Gasteiger partial charge in [0, 0.05) is 50.2 Å². The molecular weight excluding hydrogens is 368 g/mol. The van der Waals surface area contributed by atoms with Crippen LogP contribution in [0.5, 0.6) is 0 Å². The number of hydrogen-bond acceptors (Lipinski definition) is 4. The van der Waals surface area contributed by atoms with Crippen molar-refractivity contribution in [3.63, 3.8) is 0 Å². The fourth-order valence-corrected chi connectivity index (χ4v) is 5.52. The molecule has 1 unspecified atom stereocenters. The molecule has 0 radical (unpaired) electrons. The van der Waals surface area contributed by atoms with Crippen molar-refractivity contribution in [1.82, 2.24) is 15.5 Å². The van der Waals surface area contributed by atoms with Crippen molar-refractivity contribution in [1.29, 1.82) is 0 Å². The minimum absolute atomic E-state index is 0.198. The van der Waals surface area contributed by atoms with Crippen LogP contribution in [0.25, 0.3) is 0 Å². The molecule has 158 valence electrons. The molecule has 3 rings (SSSR count). The zero-order valence-corrected chi connectivity index (χ0v) is 18.5. The lowest BCUT2D eigenvalue weighted by Gasteiger charge is -2.36. The number of rotatable bonds is 8. The maximum atomic E-state index is 9.54. The van der Waals surface area contributed by atoms with E-state index in [4.69, 9.17) is 4.99 Å². The molecule has 28 heavy (non-hydrogen) atoms. The Kier molecular flexibility index (Phi) is 8.18. The van der Waals surface area contributed by atoms with Gasteiger partial charge in [-0.25, -0.2) is 0 Å². The molecule has 5 nitrogen and oxygen atoms in total. The lowest BCUT2D eigenvalue weighted by atomic mass is 9.72. The minimum atomic E-state index is 0.198. The van der Waals surface area contributed by atoms with E-state index in [0.29, 0.717) is 6.04 Å². The molecule has 1 saturated carbocycles. The molecule has 1 fully saturated rings. The Hall–Kier alpha value is -1.11. The average molecular weight is 407 g/mol. The molecule has 1 atom stereocenters. The molecule has 2 aliphatic rings. The van der Waals surface area contributed by atoms with E-state index in [1.54, 1.807) is 4.88 Å². The van der Waals surface area contributed by atoms with Crippen molar-refractivity contribution in [2.45, 2.75) is 71.4 Å². The van der Waals surface area contributed by atoms with E-state index >= 15 is 0 Å². The first-order valence-corrected chi connectivity index (χ1v) is 12.0. The van der Waals surface area contributed by atoms with Crippen molar-refractivity contribution in [2.75, 3.05) is 32.8 Å². The van der Waals surface area contributed by atoms with Crippen molar-refractivity contribution < 1.29 is 5.11 Å². The van der Waals surface area contributed by atoms with E-state index in [9.17, 15) is 5.11 Å². The molecule has 3 N–H and O–H groups in total. The molecule has 0 spiro atoms. The number of hydrogen-bond donors (Lipinski definition) is 3. The highest BCUT2D eigenvalue weighted by Crippen LogP contribution is 2.39. The van der Waals surface area contributed by atoms with Gasteiger partial charge in [0.05, 0.1) is 0 Å². The fourth-order valence-electron chi connectivity index (χ4n) is 4.63. The third-order valence-electron chi connectivity index (χ3n) is 6.50. The van der Waals surface area contributed by atoms with Gasteiger partial charge in [0.15, 0.2) is 5.96 Å². The quantitative estimate of drug-likeness (QED) is 0.458. The number of aliphatic hydroxyl groups is 1. The number of guanidine groups is 1. The summed E-state index contributed by atoms with van der Waals surface area (Å²) in [5.41, 5.74) is 1.70. The first-order valence-electron chi connectivity index (χ1n) is 11.1. The Morgan fingerprint density at radius 1 is 1.32 bits per heavy atom. The van der Waals surface area contributed by atoms with E-state index in [1.807, 2.05) is 11.3 Å². The van der Waals surface area contributed by atoms with Gasteiger partial charge in [0.25, 0.3) is 0 Å². The highest BCUT2D eigenvalue weighted by molar-refractivity contribution is 7.10. The van der Waals surface area contributed by atoms with E-state index in [2.05, 4.69) is 40.8 Å². The van der Waals surface area contributed by atoms with Crippen LogP contribution in [0.15, 0.2) is 16.4 Å². The van der Waals surface area contributed by atoms with Crippen molar-refractivity contribution in [3.8, 4) is 0 Å². The van der Waals surface area contributed by atoms with Gasteiger partial charge >= 0.3 is 0 Å². The largest absolute Gasteiger partial charge is 0.396 e. The molecule has 6 heteroatoms. The number of nitrogens with zero attached hydrogens (tertiary/aromatic N) is 2. The Balaban J connectivity index is 1.54. The molecule has 0 bridgehead atoms.